The number of fused-ring (bicyclic) bond motifs is 2. The quantitative estimate of drug-likeness (QED) is 0.702. The zero-order chi connectivity index (χ0) is 21.6. The zero-order valence-electron chi connectivity index (χ0n) is 16.6. The number of hydrogen-bond donors (Lipinski definition) is 2. The summed E-state index contributed by atoms with van der Waals surface area (Å²) in [5.74, 6) is -1.60. The van der Waals surface area contributed by atoms with Crippen LogP contribution in [0, 0.1) is 0 Å². The maximum atomic E-state index is 12.8. The van der Waals surface area contributed by atoms with Gasteiger partial charge >= 0.3 is 5.97 Å². The van der Waals surface area contributed by atoms with Gasteiger partial charge in [0.15, 0.2) is 11.5 Å². The van der Waals surface area contributed by atoms with Crippen LogP contribution in [0.2, 0.25) is 0 Å². The van der Waals surface area contributed by atoms with Crippen molar-refractivity contribution in [3.8, 4) is 0 Å². The van der Waals surface area contributed by atoms with Gasteiger partial charge in [0.25, 0.3) is 5.91 Å². The van der Waals surface area contributed by atoms with E-state index in [0.29, 0.717) is 5.56 Å². The molecule has 1 aromatic carbocycles. The molecule has 1 aliphatic carbocycles. The predicted molar refractivity (Wildman–Crippen MR) is 109 cm³/mol. The number of benzene rings is 1. The molecule has 1 saturated carbocycles. The minimum absolute atomic E-state index is 0.0148. The molecule has 1 amide bonds. The average molecular weight is 420 g/mol. The van der Waals surface area contributed by atoms with Crippen molar-refractivity contribution >= 4 is 29.2 Å². The number of aliphatic hydroxyl groups is 1. The molecule has 3 aliphatic rings. The number of anilines is 1. The number of rotatable bonds is 2. The number of amides is 1. The van der Waals surface area contributed by atoms with Crippen LogP contribution in [0.4, 0.5) is 5.69 Å². The topological polar surface area (TPSA) is 121 Å². The number of ketones is 1. The molecule has 1 fully saturated rings. The number of pyridine rings is 1. The minimum Gasteiger partial charge on any atom is -0.449 e. The van der Waals surface area contributed by atoms with Crippen LogP contribution < -0.4 is 10.3 Å². The Kier molecular flexibility index (Phi) is 4.37. The van der Waals surface area contributed by atoms with Gasteiger partial charge < -0.3 is 15.2 Å². The zero-order valence-corrected chi connectivity index (χ0v) is 16.6. The molecule has 0 atom stereocenters. The van der Waals surface area contributed by atoms with Crippen molar-refractivity contribution in [3.05, 3.63) is 59.9 Å². The van der Waals surface area contributed by atoms with Gasteiger partial charge in [0.1, 0.15) is 17.7 Å². The number of carbonyl (C=O) groups is 3. The largest absolute Gasteiger partial charge is 0.449 e. The van der Waals surface area contributed by atoms with Gasteiger partial charge in [-0.15, -0.1) is 0 Å². The molecule has 3 heterocycles. The second-order valence-electron chi connectivity index (χ2n) is 8.03. The SMILES string of the molecule is O=C1CN(c2ccccc2)N=C1NC(=O)C1(O)CCC2(CC1)OC(=O)c1ncccc12. The first-order valence-corrected chi connectivity index (χ1v) is 10.1. The molecular formula is C22H20N4O5. The first kappa shape index (κ1) is 19.4. The van der Waals surface area contributed by atoms with Gasteiger partial charge in [-0.05, 0) is 43.9 Å². The fourth-order valence-corrected chi connectivity index (χ4v) is 4.37. The molecule has 158 valence electrons. The Morgan fingerprint density at radius 1 is 1.06 bits per heavy atom. The molecule has 9 heteroatoms. The smallest absolute Gasteiger partial charge is 0.358 e. The van der Waals surface area contributed by atoms with E-state index < -0.39 is 23.1 Å². The number of nitrogens with zero attached hydrogens (tertiary/aromatic N) is 3. The molecule has 1 aromatic heterocycles. The van der Waals surface area contributed by atoms with E-state index in [1.807, 2.05) is 30.3 Å². The number of amidine groups is 1. The Morgan fingerprint density at radius 2 is 1.81 bits per heavy atom. The van der Waals surface area contributed by atoms with Gasteiger partial charge in [-0.3, -0.25) is 14.6 Å². The molecule has 0 radical (unpaired) electrons. The predicted octanol–water partition coefficient (Wildman–Crippen LogP) is 1.27. The van der Waals surface area contributed by atoms with Crippen molar-refractivity contribution in [2.45, 2.75) is 36.9 Å². The maximum absolute atomic E-state index is 12.8. The Balaban J connectivity index is 1.29. The summed E-state index contributed by atoms with van der Waals surface area (Å²) < 4.78 is 5.62. The molecule has 0 unspecified atom stereocenters. The second kappa shape index (κ2) is 6.98. The highest BCUT2D eigenvalue weighted by atomic mass is 16.6. The van der Waals surface area contributed by atoms with Gasteiger partial charge in [0.2, 0.25) is 5.78 Å². The van der Waals surface area contributed by atoms with Gasteiger partial charge in [-0.1, -0.05) is 24.3 Å². The van der Waals surface area contributed by atoms with Crippen molar-refractivity contribution in [1.82, 2.24) is 10.3 Å². The molecule has 1 spiro atoms. The van der Waals surface area contributed by atoms with E-state index in [1.54, 1.807) is 12.1 Å². The third-order valence-electron chi connectivity index (χ3n) is 6.15. The Morgan fingerprint density at radius 3 is 2.55 bits per heavy atom. The van der Waals surface area contributed by atoms with Gasteiger partial charge in [-0.2, -0.15) is 5.10 Å². The lowest BCUT2D eigenvalue weighted by atomic mass is 9.73. The lowest BCUT2D eigenvalue weighted by Gasteiger charge is -2.40. The van der Waals surface area contributed by atoms with Crippen LogP contribution in [-0.4, -0.2) is 45.7 Å². The fourth-order valence-electron chi connectivity index (χ4n) is 4.37. The molecule has 0 saturated heterocycles. The summed E-state index contributed by atoms with van der Waals surface area (Å²) in [4.78, 5) is 41.4. The minimum atomic E-state index is -1.69. The number of hydrazone groups is 1. The van der Waals surface area contributed by atoms with E-state index in [-0.39, 0.29) is 49.5 Å². The summed E-state index contributed by atoms with van der Waals surface area (Å²) in [7, 11) is 0. The summed E-state index contributed by atoms with van der Waals surface area (Å²) in [6, 6.07) is 12.7. The summed E-state index contributed by atoms with van der Waals surface area (Å²) in [5, 5.41) is 19.2. The number of carbonyl (C=O) groups excluding carboxylic acids is 3. The van der Waals surface area contributed by atoms with Crippen LogP contribution in [0.5, 0.6) is 0 Å². The number of ether oxygens (including phenoxy) is 1. The summed E-state index contributed by atoms with van der Waals surface area (Å²) >= 11 is 0. The molecule has 5 rings (SSSR count). The first-order chi connectivity index (χ1) is 14.9. The highest BCUT2D eigenvalue weighted by Gasteiger charge is 2.53. The van der Waals surface area contributed by atoms with E-state index in [2.05, 4.69) is 15.4 Å². The average Bonchev–Trinajstić information content (AvgIpc) is 3.29. The lowest BCUT2D eigenvalue weighted by molar-refractivity contribution is -0.148. The fraction of sp³-hybridized carbons (Fsp3) is 0.318. The van der Waals surface area contributed by atoms with E-state index in [0.717, 1.165) is 5.69 Å². The summed E-state index contributed by atoms with van der Waals surface area (Å²) in [6.07, 6.45) is 2.23. The molecule has 2 aliphatic heterocycles. The van der Waals surface area contributed by atoms with Crippen molar-refractivity contribution in [3.63, 3.8) is 0 Å². The van der Waals surface area contributed by atoms with Crippen LogP contribution in [0.3, 0.4) is 0 Å². The van der Waals surface area contributed by atoms with Crippen LogP contribution in [0.25, 0.3) is 0 Å². The van der Waals surface area contributed by atoms with Gasteiger partial charge in [0.05, 0.1) is 5.69 Å². The van der Waals surface area contributed by atoms with Crippen LogP contribution >= 0.6 is 0 Å². The van der Waals surface area contributed by atoms with Crippen molar-refractivity contribution < 1.29 is 24.2 Å². The Labute approximate surface area is 177 Å². The summed E-state index contributed by atoms with van der Waals surface area (Å²) in [6.45, 7) is 0.0148. The van der Waals surface area contributed by atoms with Crippen LogP contribution in [0.1, 0.15) is 41.7 Å². The standard InChI is InChI=1S/C22H20N4O5/c27-16-13-26(14-5-2-1-3-6-14)25-18(16)24-20(29)21(30)8-10-22(11-9-21)15-7-4-12-23-17(15)19(28)31-22/h1-7,12,30H,8-11,13H2,(H,24,25,29). The molecule has 31 heavy (non-hydrogen) atoms. The highest BCUT2D eigenvalue weighted by molar-refractivity contribution is 6.44. The number of Topliss-reactive ketones (excluding diaryl/α,β-unsaturated/α-hetero) is 1. The number of hydrogen-bond acceptors (Lipinski definition) is 8. The van der Waals surface area contributed by atoms with Gasteiger partial charge in [-0.25, -0.2) is 9.78 Å². The molecule has 0 bridgehead atoms. The number of nitrogens with one attached hydrogen (secondary N) is 1. The van der Waals surface area contributed by atoms with Gasteiger partial charge in [0, 0.05) is 11.8 Å². The van der Waals surface area contributed by atoms with E-state index in [1.165, 1.54) is 11.2 Å². The number of aromatic nitrogens is 1. The van der Waals surface area contributed by atoms with Crippen molar-refractivity contribution in [2.75, 3.05) is 11.6 Å². The third kappa shape index (κ3) is 3.17. The molecule has 9 nitrogen and oxygen atoms in total. The Bertz CT molecular complexity index is 1110. The van der Waals surface area contributed by atoms with E-state index in [4.69, 9.17) is 4.74 Å². The monoisotopic (exact) mass is 420 g/mol. The highest BCUT2D eigenvalue weighted by Crippen LogP contribution is 2.48. The molecule has 2 aromatic rings. The molecular weight excluding hydrogens is 400 g/mol. The third-order valence-corrected chi connectivity index (χ3v) is 6.15. The molecule has 2 N–H and O–H groups in total. The van der Waals surface area contributed by atoms with Crippen molar-refractivity contribution in [1.29, 1.82) is 0 Å². The van der Waals surface area contributed by atoms with Crippen LogP contribution in [0.15, 0.2) is 53.8 Å². The summed E-state index contributed by atoms with van der Waals surface area (Å²) in [5.41, 5.74) is -0.863. The normalized spacial score (nSPS) is 27.1. The van der Waals surface area contributed by atoms with E-state index >= 15 is 0 Å². The maximum Gasteiger partial charge on any atom is 0.358 e. The number of para-hydroxylation sites is 1. The van der Waals surface area contributed by atoms with Crippen molar-refractivity contribution in [2.24, 2.45) is 5.10 Å². The number of esters is 1. The Hall–Kier alpha value is -3.59. The lowest BCUT2D eigenvalue weighted by Crippen LogP contribution is -2.53. The second-order valence-corrected chi connectivity index (χ2v) is 8.03. The van der Waals surface area contributed by atoms with E-state index in [9.17, 15) is 19.5 Å². The first-order valence-electron chi connectivity index (χ1n) is 10.1. The van der Waals surface area contributed by atoms with Crippen LogP contribution in [-0.2, 0) is 19.9 Å².